The summed E-state index contributed by atoms with van der Waals surface area (Å²) in [7, 11) is 0. The summed E-state index contributed by atoms with van der Waals surface area (Å²) in [5, 5.41) is 2.46. The number of fused-ring (bicyclic) bond motifs is 3. The lowest BCUT2D eigenvalue weighted by atomic mass is 10.0. The first-order valence-corrected chi connectivity index (χ1v) is 5.97. The van der Waals surface area contributed by atoms with Gasteiger partial charge in [-0.25, -0.2) is 0 Å². The molecule has 1 heteroatoms. The number of furan rings is 1. The Morgan fingerprint density at radius 3 is 2.24 bits per heavy atom. The zero-order valence-corrected chi connectivity index (χ0v) is 10.7. The molecule has 17 heavy (non-hydrogen) atoms. The van der Waals surface area contributed by atoms with Crippen LogP contribution in [0.5, 0.6) is 0 Å². The Labute approximate surface area is 101 Å². The highest BCUT2D eigenvalue weighted by molar-refractivity contribution is 6.06. The third-order valence-electron chi connectivity index (χ3n) is 3.77. The number of aryl methyl sites for hydroxylation is 4. The van der Waals surface area contributed by atoms with Gasteiger partial charge < -0.3 is 4.42 Å². The summed E-state index contributed by atoms with van der Waals surface area (Å²) < 4.78 is 6.00. The lowest BCUT2D eigenvalue weighted by molar-refractivity contribution is 0.665. The van der Waals surface area contributed by atoms with Crippen molar-refractivity contribution in [3.05, 3.63) is 46.5 Å². The Bertz CT molecular complexity index is 732. The van der Waals surface area contributed by atoms with Crippen LogP contribution < -0.4 is 0 Å². The first kappa shape index (κ1) is 10.4. The van der Waals surface area contributed by atoms with Gasteiger partial charge in [0.25, 0.3) is 0 Å². The van der Waals surface area contributed by atoms with Crippen molar-refractivity contribution in [1.29, 1.82) is 0 Å². The number of hydrogen-bond donors (Lipinski definition) is 0. The molecule has 3 rings (SSSR count). The molecule has 2 aromatic carbocycles. The van der Waals surface area contributed by atoms with E-state index in [2.05, 4.69) is 52.0 Å². The molecule has 0 fully saturated rings. The fraction of sp³-hybridized carbons (Fsp3) is 0.250. The average Bonchev–Trinajstić information content (AvgIpc) is 2.63. The van der Waals surface area contributed by atoms with E-state index in [4.69, 9.17) is 4.42 Å². The highest BCUT2D eigenvalue weighted by Crippen LogP contribution is 2.33. The number of benzene rings is 2. The fourth-order valence-corrected chi connectivity index (χ4v) is 2.33. The lowest BCUT2D eigenvalue weighted by Crippen LogP contribution is -1.80. The molecule has 0 radical (unpaired) electrons. The van der Waals surface area contributed by atoms with E-state index in [-0.39, 0.29) is 0 Å². The maximum Gasteiger partial charge on any atom is 0.138 e. The van der Waals surface area contributed by atoms with Crippen molar-refractivity contribution in [2.24, 2.45) is 0 Å². The summed E-state index contributed by atoms with van der Waals surface area (Å²) in [6.45, 7) is 8.52. The minimum absolute atomic E-state index is 0.997. The van der Waals surface area contributed by atoms with E-state index in [1.165, 1.54) is 33.0 Å². The summed E-state index contributed by atoms with van der Waals surface area (Å²) in [6.07, 6.45) is 0. The normalized spacial score (nSPS) is 11.5. The third kappa shape index (κ3) is 1.39. The highest BCUT2D eigenvalue weighted by Gasteiger charge is 2.11. The molecule has 86 valence electrons. The van der Waals surface area contributed by atoms with Crippen LogP contribution in [0.25, 0.3) is 21.9 Å². The Hall–Kier alpha value is -1.76. The first-order chi connectivity index (χ1) is 8.08. The van der Waals surface area contributed by atoms with Gasteiger partial charge in [0.1, 0.15) is 11.2 Å². The predicted octanol–water partition coefficient (Wildman–Crippen LogP) is 4.82. The van der Waals surface area contributed by atoms with Gasteiger partial charge in [0.2, 0.25) is 0 Å². The molecule has 1 heterocycles. The van der Waals surface area contributed by atoms with Gasteiger partial charge in [-0.15, -0.1) is 0 Å². The van der Waals surface area contributed by atoms with Crippen molar-refractivity contribution >= 4 is 21.9 Å². The van der Waals surface area contributed by atoms with Gasteiger partial charge in [-0.05, 0) is 62.1 Å². The van der Waals surface area contributed by atoms with Gasteiger partial charge in [-0.3, -0.25) is 0 Å². The fourth-order valence-electron chi connectivity index (χ4n) is 2.33. The van der Waals surface area contributed by atoms with E-state index in [1.54, 1.807) is 0 Å². The van der Waals surface area contributed by atoms with Crippen LogP contribution in [-0.4, -0.2) is 0 Å². The van der Waals surface area contributed by atoms with Gasteiger partial charge in [-0.1, -0.05) is 12.1 Å². The number of rotatable bonds is 0. The molecule has 1 nitrogen and oxygen atoms in total. The predicted molar refractivity (Wildman–Crippen MR) is 72.7 cm³/mol. The van der Waals surface area contributed by atoms with Gasteiger partial charge in [-0.2, -0.15) is 0 Å². The summed E-state index contributed by atoms with van der Waals surface area (Å²) in [4.78, 5) is 0. The molecule has 3 aromatic rings. The maximum absolute atomic E-state index is 6.00. The van der Waals surface area contributed by atoms with Crippen LogP contribution in [0.4, 0.5) is 0 Å². The zero-order chi connectivity index (χ0) is 12.2. The molecule has 0 aliphatic rings. The van der Waals surface area contributed by atoms with E-state index in [0.29, 0.717) is 0 Å². The van der Waals surface area contributed by atoms with Crippen LogP contribution in [0.1, 0.15) is 22.3 Å². The standard InChI is InChI=1S/C16H16O/c1-9-5-6-13-14-7-10(2)11(3)8-15(14)17-16(13)12(9)4/h5-8H,1-4H3. The molecule has 0 bridgehead atoms. The van der Waals surface area contributed by atoms with E-state index < -0.39 is 0 Å². The summed E-state index contributed by atoms with van der Waals surface area (Å²) >= 11 is 0. The second-order valence-electron chi connectivity index (χ2n) is 4.92. The summed E-state index contributed by atoms with van der Waals surface area (Å²) in [6, 6.07) is 8.70. The van der Waals surface area contributed by atoms with Gasteiger partial charge >= 0.3 is 0 Å². The van der Waals surface area contributed by atoms with E-state index >= 15 is 0 Å². The second-order valence-corrected chi connectivity index (χ2v) is 4.92. The molecule has 0 amide bonds. The average molecular weight is 224 g/mol. The quantitative estimate of drug-likeness (QED) is 0.533. The van der Waals surface area contributed by atoms with Gasteiger partial charge in [0.15, 0.2) is 0 Å². The monoisotopic (exact) mass is 224 g/mol. The smallest absolute Gasteiger partial charge is 0.138 e. The minimum Gasteiger partial charge on any atom is -0.456 e. The van der Waals surface area contributed by atoms with Crippen LogP contribution in [0, 0.1) is 27.7 Å². The van der Waals surface area contributed by atoms with Crippen molar-refractivity contribution in [3.8, 4) is 0 Å². The zero-order valence-electron chi connectivity index (χ0n) is 10.7. The molecule has 0 unspecified atom stereocenters. The molecule has 0 saturated carbocycles. The van der Waals surface area contributed by atoms with Crippen molar-refractivity contribution in [2.45, 2.75) is 27.7 Å². The molecule has 0 N–H and O–H groups in total. The van der Waals surface area contributed by atoms with Crippen LogP contribution in [0.15, 0.2) is 28.7 Å². The Balaban J connectivity index is 2.54. The largest absolute Gasteiger partial charge is 0.456 e. The van der Waals surface area contributed by atoms with E-state index in [1.807, 2.05) is 0 Å². The first-order valence-electron chi connectivity index (χ1n) is 5.97. The third-order valence-corrected chi connectivity index (χ3v) is 3.77. The van der Waals surface area contributed by atoms with Crippen LogP contribution in [0.3, 0.4) is 0 Å². The molecule has 1 aromatic heterocycles. The summed E-state index contributed by atoms with van der Waals surface area (Å²) in [5.74, 6) is 0. The topological polar surface area (TPSA) is 13.1 Å². The van der Waals surface area contributed by atoms with Gasteiger partial charge in [0, 0.05) is 10.8 Å². The molecule has 0 atom stereocenters. The molecule has 0 aliphatic carbocycles. The van der Waals surface area contributed by atoms with E-state index in [9.17, 15) is 0 Å². The maximum atomic E-state index is 6.00. The molecular formula is C16H16O. The Morgan fingerprint density at radius 2 is 1.47 bits per heavy atom. The van der Waals surface area contributed by atoms with E-state index in [0.717, 1.165) is 11.2 Å². The highest BCUT2D eigenvalue weighted by atomic mass is 16.3. The Kier molecular flexibility index (Phi) is 2.06. The SMILES string of the molecule is Cc1cc2oc3c(C)c(C)ccc3c2cc1C. The Morgan fingerprint density at radius 1 is 0.765 bits per heavy atom. The van der Waals surface area contributed by atoms with Crippen LogP contribution in [-0.2, 0) is 0 Å². The lowest BCUT2D eigenvalue weighted by Gasteiger charge is -1.99. The van der Waals surface area contributed by atoms with Crippen molar-refractivity contribution in [2.75, 3.05) is 0 Å². The van der Waals surface area contributed by atoms with Crippen molar-refractivity contribution in [3.63, 3.8) is 0 Å². The molecule has 0 spiro atoms. The van der Waals surface area contributed by atoms with Crippen molar-refractivity contribution < 1.29 is 4.42 Å². The summed E-state index contributed by atoms with van der Waals surface area (Å²) in [5.41, 5.74) is 7.16. The molecule has 0 aliphatic heterocycles. The van der Waals surface area contributed by atoms with Crippen LogP contribution in [0.2, 0.25) is 0 Å². The minimum atomic E-state index is 0.997. The van der Waals surface area contributed by atoms with Crippen molar-refractivity contribution in [1.82, 2.24) is 0 Å². The number of hydrogen-bond acceptors (Lipinski definition) is 1. The second kappa shape index (κ2) is 3.36. The molecular weight excluding hydrogens is 208 g/mol. The van der Waals surface area contributed by atoms with Crippen LogP contribution >= 0.6 is 0 Å². The molecule has 0 saturated heterocycles. The van der Waals surface area contributed by atoms with Gasteiger partial charge in [0.05, 0.1) is 0 Å².